The minimum Gasteiger partial charge on any atom is -0.444 e. The number of amides is 1. The van der Waals surface area contributed by atoms with Crippen molar-refractivity contribution >= 4 is 12.2 Å². The van der Waals surface area contributed by atoms with Gasteiger partial charge in [0.1, 0.15) is 5.60 Å². The maximum absolute atomic E-state index is 12.1. The van der Waals surface area contributed by atoms with Crippen molar-refractivity contribution in [3.05, 3.63) is 77.9 Å². The number of carbonyl (C=O) groups is 1. The van der Waals surface area contributed by atoms with E-state index in [1.54, 1.807) is 0 Å². The Morgan fingerprint density at radius 1 is 1.04 bits per heavy atom. The van der Waals surface area contributed by atoms with Gasteiger partial charge in [-0.05, 0) is 44.7 Å². The Morgan fingerprint density at radius 3 is 2.24 bits per heavy atom. The molecule has 1 atom stereocenters. The number of rotatable bonds is 6. The van der Waals surface area contributed by atoms with E-state index in [9.17, 15) is 4.79 Å². The topological polar surface area (TPSA) is 38.3 Å². The highest BCUT2D eigenvalue weighted by molar-refractivity contribution is 5.68. The molecule has 0 aliphatic carbocycles. The second-order valence-electron chi connectivity index (χ2n) is 7.05. The van der Waals surface area contributed by atoms with Gasteiger partial charge in [-0.1, -0.05) is 72.8 Å². The number of hydrogen-bond donors (Lipinski definition) is 1. The first kappa shape index (κ1) is 18.8. The molecule has 0 saturated carbocycles. The number of hydrogen-bond acceptors (Lipinski definition) is 2. The highest BCUT2D eigenvalue weighted by Crippen LogP contribution is 2.11. The van der Waals surface area contributed by atoms with Crippen LogP contribution >= 0.6 is 0 Å². The molecule has 2 rings (SSSR count). The van der Waals surface area contributed by atoms with Gasteiger partial charge in [-0.15, -0.1) is 0 Å². The normalized spacial score (nSPS) is 12.8. The molecule has 2 aromatic rings. The van der Waals surface area contributed by atoms with E-state index in [0.717, 1.165) is 18.4 Å². The van der Waals surface area contributed by atoms with Gasteiger partial charge in [0.25, 0.3) is 0 Å². The molecule has 3 nitrogen and oxygen atoms in total. The number of nitrogens with one attached hydrogen (secondary N) is 1. The highest BCUT2D eigenvalue weighted by atomic mass is 16.6. The Bertz CT molecular complexity index is 672. The molecule has 1 N–H and O–H groups in total. The van der Waals surface area contributed by atoms with Gasteiger partial charge in [0, 0.05) is 0 Å². The Hall–Kier alpha value is -2.55. The fraction of sp³-hybridized carbons (Fsp3) is 0.318. The third-order valence-electron chi connectivity index (χ3n) is 3.61. The average Bonchev–Trinajstić information content (AvgIpc) is 2.57. The molecule has 25 heavy (non-hydrogen) atoms. The molecule has 0 radical (unpaired) electrons. The van der Waals surface area contributed by atoms with Crippen molar-refractivity contribution in [3.8, 4) is 0 Å². The zero-order valence-corrected chi connectivity index (χ0v) is 15.2. The van der Waals surface area contributed by atoms with Gasteiger partial charge in [-0.3, -0.25) is 0 Å². The maximum Gasteiger partial charge on any atom is 0.408 e. The molecule has 0 saturated heterocycles. The standard InChI is InChI=1S/C22H27NO2/c1-22(2,3)25-21(24)23-20(16-14-18-10-6-4-7-11-18)17-15-19-12-8-5-9-13-19/h4-14,16,20H,15,17H2,1-3H3,(H,23,24)/b16-14+. The van der Waals surface area contributed by atoms with Gasteiger partial charge < -0.3 is 10.1 Å². The summed E-state index contributed by atoms with van der Waals surface area (Å²) in [6.07, 6.45) is 5.38. The zero-order chi connectivity index (χ0) is 18.1. The van der Waals surface area contributed by atoms with Crippen LogP contribution in [-0.4, -0.2) is 17.7 Å². The minimum atomic E-state index is -0.503. The van der Waals surface area contributed by atoms with Crippen molar-refractivity contribution in [2.75, 3.05) is 0 Å². The molecule has 0 fully saturated rings. The quantitative estimate of drug-likeness (QED) is 0.784. The van der Waals surface area contributed by atoms with E-state index >= 15 is 0 Å². The summed E-state index contributed by atoms with van der Waals surface area (Å²) in [4.78, 5) is 12.1. The molecule has 1 unspecified atom stereocenters. The van der Waals surface area contributed by atoms with Gasteiger partial charge in [0.05, 0.1) is 6.04 Å². The third kappa shape index (κ3) is 7.71. The van der Waals surface area contributed by atoms with Gasteiger partial charge >= 0.3 is 6.09 Å². The van der Waals surface area contributed by atoms with Crippen LogP contribution < -0.4 is 5.32 Å². The Kier molecular flexibility index (Phi) is 6.81. The number of aryl methyl sites for hydroxylation is 1. The summed E-state index contributed by atoms with van der Waals surface area (Å²) in [7, 11) is 0. The molecule has 0 bridgehead atoms. The molecule has 0 aliphatic heterocycles. The van der Waals surface area contributed by atoms with Crippen LogP contribution in [-0.2, 0) is 11.2 Å². The van der Waals surface area contributed by atoms with Crippen LogP contribution in [0.2, 0.25) is 0 Å². The minimum absolute atomic E-state index is 0.0877. The molecule has 0 heterocycles. The van der Waals surface area contributed by atoms with Gasteiger partial charge in [0.15, 0.2) is 0 Å². The van der Waals surface area contributed by atoms with Crippen LogP contribution in [0.5, 0.6) is 0 Å². The van der Waals surface area contributed by atoms with Gasteiger partial charge in [-0.25, -0.2) is 4.79 Å². The molecular weight excluding hydrogens is 310 g/mol. The molecule has 1 amide bonds. The van der Waals surface area contributed by atoms with Crippen molar-refractivity contribution < 1.29 is 9.53 Å². The molecule has 0 spiro atoms. The SMILES string of the molecule is CC(C)(C)OC(=O)NC(/C=C/c1ccccc1)CCc1ccccc1. The van der Waals surface area contributed by atoms with E-state index in [1.807, 2.05) is 81.5 Å². The summed E-state index contributed by atoms with van der Waals surface area (Å²) in [6, 6.07) is 20.3. The van der Waals surface area contributed by atoms with Crippen molar-refractivity contribution in [1.29, 1.82) is 0 Å². The Labute approximate surface area is 150 Å². The first-order valence-electron chi connectivity index (χ1n) is 8.69. The van der Waals surface area contributed by atoms with Crippen LogP contribution in [0.15, 0.2) is 66.7 Å². The second-order valence-corrected chi connectivity index (χ2v) is 7.05. The Balaban J connectivity index is 2.02. The molecule has 3 heteroatoms. The van der Waals surface area contributed by atoms with E-state index in [0.29, 0.717) is 0 Å². The third-order valence-corrected chi connectivity index (χ3v) is 3.61. The van der Waals surface area contributed by atoms with Crippen LogP contribution in [0.25, 0.3) is 6.08 Å². The largest absolute Gasteiger partial charge is 0.444 e. The second kappa shape index (κ2) is 9.07. The smallest absolute Gasteiger partial charge is 0.408 e. The molecule has 0 aliphatic rings. The van der Waals surface area contributed by atoms with E-state index in [4.69, 9.17) is 4.74 Å². The lowest BCUT2D eigenvalue weighted by Gasteiger charge is -2.22. The predicted octanol–water partition coefficient (Wildman–Crippen LogP) is 5.23. The van der Waals surface area contributed by atoms with Crippen LogP contribution in [0.1, 0.15) is 38.3 Å². The zero-order valence-electron chi connectivity index (χ0n) is 15.2. The number of benzene rings is 2. The van der Waals surface area contributed by atoms with Crippen molar-refractivity contribution in [1.82, 2.24) is 5.32 Å². The van der Waals surface area contributed by atoms with E-state index < -0.39 is 5.60 Å². The lowest BCUT2D eigenvalue weighted by Crippen LogP contribution is -2.38. The molecule has 132 valence electrons. The van der Waals surface area contributed by atoms with Crippen LogP contribution in [0.3, 0.4) is 0 Å². The lowest BCUT2D eigenvalue weighted by molar-refractivity contribution is 0.0513. The predicted molar refractivity (Wildman–Crippen MR) is 103 cm³/mol. The average molecular weight is 337 g/mol. The highest BCUT2D eigenvalue weighted by Gasteiger charge is 2.18. The van der Waals surface area contributed by atoms with Gasteiger partial charge in [0.2, 0.25) is 0 Å². The molecule has 2 aromatic carbocycles. The fourth-order valence-electron chi connectivity index (χ4n) is 2.43. The van der Waals surface area contributed by atoms with Crippen LogP contribution in [0, 0.1) is 0 Å². The Morgan fingerprint density at radius 2 is 1.64 bits per heavy atom. The first-order chi connectivity index (χ1) is 11.9. The van der Waals surface area contributed by atoms with Crippen molar-refractivity contribution in [2.45, 2.75) is 45.3 Å². The summed E-state index contributed by atoms with van der Waals surface area (Å²) in [5.41, 5.74) is 1.86. The van der Waals surface area contributed by atoms with E-state index in [2.05, 4.69) is 17.4 Å². The van der Waals surface area contributed by atoms with Gasteiger partial charge in [-0.2, -0.15) is 0 Å². The number of ether oxygens (including phenoxy) is 1. The van der Waals surface area contributed by atoms with Crippen molar-refractivity contribution in [2.24, 2.45) is 0 Å². The fourth-order valence-corrected chi connectivity index (χ4v) is 2.43. The number of carbonyl (C=O) groups excluding carboxylic acids is 1. The van der Waals surface area contributed by atoms with E-state index in [-0.39, 0.29) is 12.1 Å². The van der Waals surface area contributed by atoms with Crippen molar-refractivity contribution in [3.63, 3.8) is 0 Å². The van der Waals surface area contributed by atoms with E-state index in [1.165, 1.54) is 5.56 Å². The molecular formula is C22H27NO2. The maximum atomic E-state index is 12.1. The summed E-state index contributed by atoms with van der Waals surface area (Å²) in [5, 5.41) is 2.97. The first-order valence-corrected chi connectivity index (χ1v) is 8.69. The molecule has 0 aromatic heterocycles. The number of alkyl carbamates (subject to hydrolysis) is 1. The van der Waals surface area contributed by atoms with Crippen LogP contribution in [0.4, 0.5) is 4.79 Å². The monoisotopic (exact) mass is 337 g/mol. The summed E-state index contributed by atoms with van der Waals surface area (Å²) in [5.74, 6) is 0. The summed E-state index contributed by atoms with van der Waals surface area (Å²) < 4.78 is 5.39. The summed E-state index contributed by atoms with van der Waals surface area (Å²) in [6.45, 7) is 5.60. The summed E-state index contributed by atoms with van der Waals surface area (Å²) >= 11 is 0. The lowest BCUT2D eigenvalue weighted by atomic mass is 10.0.